The molecule has 1 amide bonds. The molecule has 0 aromatic heterocycles. The summed E-state index contributed by atoms with van der Waals surface area (Å²) in [4.78, 5) is 16.8. The third-order valence-electron chi connectivity index (χ3n) is 3.99. The van der Waals surface area contributed by atoms with Crippen molar-refractivity contribution in [3.05, 3.63) is 35.9 Å². The Balaban J connectivity index is 2.07. The fourth-order valence-electron chi connectivity index (χ4n) is 2.81. The fraction of sp³-hybridized carbons (Fsp3) is 0.471. The van der Waals surface area contributed by atoms with Gasteiger partial charge in [0.05, 0.1) is 0 Å². The summed E-state index contributed by atoms with van der Waals surface area (Å²) >= 11 is 0. The zero-order chi connectivity index (χ0) is 15.2. The first kappa shape index (κ1) is 15.6. The summed E-state index contributed by atoms with van der Waals surface area (Å²) in [6.45, 7) is 4.99. The molecule has 1 aliphatic rings. The van der Waals surface area contributed by atoms with E-state index in [-0.39, 0.29) is 5.91 Å². The minimum absolute atomic E-state index is 0.0968. The SMILES string of the molecule is CCC1CN(C)CCCN1C(=O)/C=C/c1cccc(N)c1. The van der Waals surface area contributed by atoms with Gasteiger partial charge >= 0.3 is 0 Å². The van der Waals surface area contributed by atoms with Crippen LogP contribution in [0.1, 0.15) is 25.3 Å². The molecule has 1 aromatic rings. The summed E-state index contributed by atoms with van der Waals surface area (Å²) in [6.07, 6.45) is 5.54. The Labute approximate surface area is 127 Å². The highest BCUT2D eigenvalue weighted by Crippen LogP contribution is 2.14. The van der Waals surface area contributed by atoms with Crippen LogP contribution in [0.4, 0.5) is 5.69 Å². The van der Waals surface area contributed by atoms with Gasteiger partial charge in [0.2, 0.25) is 5.91 Å². The summed E-state index contributed by atoms with van der Waals surface area (Å²) in [5.74, 6) is 0.0968. The summed E-state index contributed by atoms with van der Waals surface area (Å²) in [5.41, 5.74) is 7.43. The van der Waals surface area contributed by atoms with E-state index in [0.29, 0.717) is 11.7 Å². The number of carbonyl (C=O) groups excluding carboxylic acids is 1. The molecule has 1 aromatic carbocycles. The second-order valence-electron chi connectivity index (χ2n) is 5.71. The van der Waals surface area contributed by atoms with Crippen LogP contribution in [-0.4, -0.2) is 48.4 Å². The van der Waals surface area contributed by atoms with E-state index in [1.165, 1.54) is 0 Å². The van der Waals surface area contributed by atoms with Gasteiger partial charge in [-0.3, -0.25) is 4.79 Å². The van der Waals surface area contributed by atoms with Crippen LogP contribution in [0.2, 0.25) is 0 Å². The van der Waals surface area contributed by atoms with Gasteiger partial charge in [-0.1, -0.05) is 19.1 Å². The molecule has 0 aliphatic carbocycles. The van der Waals surface area contributed by atoms with E-state index in [0.717, 1.165) is 38.0 Å². The van der Waals surface area contributed by atoms with Crippen molar-refractivity contribution in [1.29, 1.82) is 0 Å². The maximum atomic E-state index is 12.5. The first-order valence-corrected chi connectivity index (χ1v) is 7.63. The van der Waals surface area contributed by atoms with Crippen LogP contribution in [0.25, 0.3) is 6.08 Å². The van der Waals surface area contributed by atoms with E-state index in [2.05, 4.69) is 18.9 Å². The number of benzene rings is 1. The van der Waals surface area contributed by atoms with Crippen molar-refractivity contribution >= 4 is 17.7 Å². The summed E-state index contributed by atoms with van der Waals surface area (Å²) in [6, 6.07) is 7.87. The maximum Gasteiger partial charge on any atom is 0.246 e. The number of nitrogens with zero attached hydrogens (tertiary/aromatic N) is 2. The van der Waals surface area contributed by atoms with E-state index in [9.17, 15) is 4.79 Å². The van der Waals surface area contributed by atoms with Gasteiger partial charge in [0, 0.05) is 30.9 Å². The minimum Gasteiger partial charge on any atom is -0.399 e. The highest BCUT2D eigenvalue weighted by Gasteiger charge is 2.24. The minimum atomic E-state index is 0.0968. The van der Waals surface area contributed by atoms with Gasteiger partial charge in [-0.15, -0.1) is 0 Å². The van der Waals surface area contributed by atoms with Crippen molar-refractivity contribution in [3.8, 4) is 0 Å². The molecule has 0 saturated carbocycles. The fourth-order valence-corrected chi connectivity index (χ4v) is 2.81. The van der Waals surface area contributed by atoms with Crippen LogP contribution in [0.5, 0.6) is 0 Å². The monoisotopic (exact) mass is 287 g/mol. The molecule has 4 heteroatoms. The lowest BCUT2D eigenvalue weighted by molar-refractivity contribution is -0.128. The molecule has 2 N–H and O–H groups in total. The smallest absolute Gasteiger partial charge is 0.246 e. The van der Waals surface area contributed by atoms with Crippen LogP contribution in [0.3, 0.4) is 0 Å². The number of anilines is 1. The van der Waals surface area contributed by atoms with Crippen LogP contribution >= 0.6 is 0 Å². The van der Waals surface area contributed by atoms with Gasteiger partial charge in [0.25, 0.3) is 0 Å². The van der Waals surface area contributed by atoms with E-state index < -0.39 is 0 Å². The first-order chi connectivity index (χ1) is 10.1. The zero-order valence-electron chi connectivity index (χ0n) is 13.0. The number of hydrogen-bond donors (Lipinski definition) is 1. The third-order valence-corrected chi connectivity index (χ3v) is 3.99. The molecule has 114 valence electrons. The lowest BCUT2D eigenvalue weighted by Crippen LogP contribution is -2.42. The average Bonchev–Trinajstić information content (AvgIpc) is 2.66. The molecule has 1 fully saturated rings. The van der Waals surface area contributed by atoms with Crippen molar-refractivity contribution < 1.29 is 4.79 Å². The van der Waals surface area contributed by atoms with E-state index in [4.69, 9.17) is 5.73 Å². The van der Waals surface area contributed by atoms with Gasteiger partial charge in [-0.25, -0.2) is 0 Å². The van der Waals surface area contributed by atoms with Gasteiger partial charge < -0.3 is 15.5 Å². The molecule has 2 rings (SSSR count). The molecule has 21 heavy (non-hydrogen) atoms. The number of nitrogen functional groups attached to an aromatic ring is 1. The lowest BCUT2D eigenvalue weighted by Gasteiger charge is -2.29. The number of hydrogen-bond acceptors (Lipinski definition) is 3. The number of carbonyl (C=O) groups is 1. The van der Waals surface area contributed by atoms with E-state index in [1.807, 2.05) is 35.2 Å². The quantitative estimate of drug-likeness (QED) is 0.685. The second-order valence-corrected chi connectivity index (χ2v) is 5.71. The molecule has 1 unspecified atom stereocenters. The molecule has 1 aliphatic heterocycles. The summed E-state index contributed by atoms with van der Waals surface area (Å²) < 4.78 is 0. The van der Waals surface area contributed by atoms with Crippen LogP contribution in [0, 0.1) is 0 Å². The predicted octanol–water partition coefficient (Wildman–Crippen LogP) is 2.22. The van der Waals surface area contributed by atoms with Crippen molar-refractivity contribution in [2.24, 2.45) is 0 Å². The molecule has 1 heterocycles. The molecule has 1 atom stereocenters. The Hall–Kier alpha value is -1.81. The Morgan fingerprint density at radius 1 is 1.43 bits per heavy atom. The molecule has 0 bridgehead atoms. The van der Waals surface area contributed by atoms with Crippen molar-refractivity contribution in [3.63, 3.8) is 0 Å². The van der Waals surface area contributed by atoms with E-state index in [1.54, 1.807) is 6.08 Å². The van der Waals surface area contributed by atoms with Crippen molar-refractivity contribution in [2.75, 3.05) is 32.4 Å². The Kier molecular flexibility index (Phi) is 5.39. The van der Waals surface area contributed by atoms with Gasteiger partial charge in [-0.05, 0) is 50.2 Å². The van der Waals surface area contributed by atoms with Crippen LogP contribution in [-0.2, 0) is 4.79 Å². The van der Waals surface area contributed by atoms with Gasteiger partial charge in [-0.2, -0.15) is 0 Å². The second kappa shape index (κ2) is 7.27. The largest absolute Gasteiger partial charge is 0.399 e. The highest BCUT2D eigenvalue weighted by molar-refractivity contribution is 5.92. The molecular weight excluding hydrogens is 262 g/mol. The van der Waals surface area contributed by atoms with Crippen molar-refractivity contribution in [2.45, 2.75) is 25.8 Å². The molecule has 0 radical (unpaired) electrons. The number of nitrogens with two attached hydrogens (primary N) is 1. The van der Waals surface area contributed by atoms with Gasteiger partial charge in [0.1, 0.15) is 0 Å². The summed E-state index contributed by atoms with van der Waals surface area (Å²) in [7, 11) is 2.12. The Morgan fingerprint density at radius 3 is 2.95 bits per heavy atom. The number of likely N-dealkylation sites (N-methyl/N-ethyl adjacent to an activating group) is 1. The Bertz CT molecular complexity index is 513. The third kappa shape index (κ3) is 4.33. The lowest BCUT2D eigenvalue weighted by atomic mass is 10.1. The molecule has 0 spiro atoms. The topological polar surface area (TPSA) is 49.6 Å². The van der Waals surface area contributed by atoms with Gasteiger partial charge in [0.15, 0.2) is 0 Å². The van der Waals surface area contributed by atoms with Crippen LogP contribution < -0.4 is 5.73 Å². The number of rotatable bonds is 3. The van der Waals surface area contributed by atoms with Crippen molar-refractivity contribution in [1.82, 2.24) is 9.80 Å². The molecule has 1 saturated heterocycles. The standard InChI is InChI=1S/C17H25N3O/c1-3-16-13-19(2)10-5-11-20(16)17(21)9-8-14-6-4-7-15(18)12-14/h4,6-9,12,16H,3,5,10-11,13,18H2,1-2H3/b9-8+. The number of amides is 1. The zero-order valence-corrected chi connectivity index (χ0v) is 13.0. The average molecular weight is 287 g/mol. The Morgan fingerprint density at radius 2 is 2.24 bits per heavy atom. The first-order valence-electron chi connectivity index (χ1n) is 7.63. The summed E-state index contributed by atoms with van der Waals surface area (Å²) in [5, 5.41) is 0. The highest BCUT2D eigenvalue weighted by atomic mass is 16.2. The maximum absolute atomic E-state index is 12.5. The van der Waals surface area contributed by atoms with Crippen LogP contribution in [0.15, 0.2) is 30.3 Å². The predicted molar refractivity (Wildman–Crippen MR) is 87.8 cm³/mol. The molecule has 4 nitrogen and oxygen atoms in total. The molecular formula is C17H25N3O. The van der Waals surface area contributed by atoms with E-state index >= 15 is 0 Å². The normalized spacial score (nSPS) is 20.7.